The zero-order valence-electron chi connectivity index (χ0n) is 12.2. The minimum Gasteiger partial charge on any atom is -0.366 e. The van der Waals surface area contributed by atoms with E-state index in [9.17, 15) is 24.0 Å². The summed E-state index contributed by atoms with van der Waals surface area (Å²) in [6.07, 6.45) is 0.0774. The molecule has 1 fully saturated rings. The number of hydrogen-bond donors (Lipinski definition) is 2. The molecule has 5 amide bonds. The summed E-state index contributed by atoms with van der Waals surface area (Å²) in [6.45, 7) is 1.44. The number of primary amides is 1. The predicted octanol–water partition coefficient (Wildman–Crippen LogP) is -0.423. The molecule has 23 heavy (non-hydrogen) atoms. The Kier molecular flexibility index (Phi) is 3.06. The molecule has 0 saturated carbocycles. The zero-order valence-corrected chi connectivity index (χ0v) is 12.2. The van der Waals surface area contributed by atoms with Gasteiger partial charge in [0.05, 0.1) is 11.1 Å². The van der Waals surface area contributed by atoms with E-state index in [2.05, 4.69) is 5.32 Å². The van der Waals surface area contributed by atoms with Crippen molar-refractivity contribution in [1.82, 2.24) is 10.2 Å². The van der Waals surface area contributed by atoms with Crippen molar-refractivity contribution in [2.45, 2.75) is 25.3 Å². The topological polar surface area (TPSA) is 127 Å². The summed E-state index contributed by atoms with van der Waals surface area (Å²) in [5.74, 6) is -3.18. The summed E-state index contributed by atoms with van der Waals surface area (Å²) in [4.78, 5) is 60.7. The lowest BCUT2D eigenvalue weighted by atomic mass is 9.89. The Balaban J connectivity index is 2.05. The number of carbonyl (C=O) groups excluding carboxylic acids is 5. The number of fused-ring (bicyclic) bond motifs is 1. The SMILES string of the molecule is CC1(N2C(=O)c3ccc(C(N)=O)cc3C2=O)CCC(=O)NC1=O. The molecule has 0 aromatic heterocycles. The number of carbonyl (C=O) groups is 5. The second-order valence-electron chi connectivity index (χ2n) is 5.72. The smallest absolute Gasteiger partial charge is 0.262 e. The largest absolute Gasteiger partial charge is 0.366 e. The average molecular weight is 315 g/mol. The van der Waals surface area contributed by atoms with Gasteiger partial charge in [0, 0.05) is 12.0 Å². The molecule has 0 bridgehead atoms. The quantitative estimate of drug-likeness (QED) is 0.716. The van der Waals surface area contributed by atoms with Crippen LogP contribution in [0.2, 0.25) is 0 Å². The van der Waals surface area contributed by atoms with Crippen molar-refractivity contribution in [3.8, 4) is 0 Å². The normalized spacial score (nSPS) is 23.8. The van der Waals surface area contributed by atoms with Crippen molar-refractivity contribution in [2.75, 3.05) is 0 Å². The molecule has 2 aliphatic heterocycles. The number of nitrogens with zero attached hydrogens (tertiary/aromatic N) is 1. The number of nitrogens with two attached hydrogens (primary N) is 1. The summed E-state index contributed by atoms with van der Waals surface area (Å²) < 4.78 is 0. The molecule has 2 heterocycles. The molecule has 1 aromatic rings. The van der Waals surface area contributed by atoms with Crippen molar-refractivity contribution < 1.29 is 24.0 Å². The predicted molar refractivity (Wildman–Crippen MR) is 76.2 cm³/mol. The minimum absolute atomic E-state index is 0.0252. The molecule has 8 nitrogen and oxygen atoms in total. The number of nitrogens with one attached hydrogen (secondary N) is 1. The Labute approximate surface area is 130 Å². The van der Waals surface area contributed by atoms with Gasteiger partial charge in [-0.2, -0.15) is 0 Å². The number of piperidine rings is 1. The van der Waals surface area contributed by atoms with E-state index in [0.29, 0.717) is 0 Å². The molecule has 3 N–H and O–H groups in total. The molecule has 0 radical (unpaired) electrons. The van der Waals surface area contributed by atoms with E-state index < -0.39 is 35.1 Å². The highest BCUT2D eigenvalue weighted by atomic mass is 16.2. The van der Waals surface area contributed by atoms with Crippen LogP contribution in [0, 0.1) is 0 Å². The molecule has 2 aliphatic rings. The first-order valence-corrected chi connectivity index (χ1v) is 6.93. The molecule has 1 aromatic carbocycles. The molecular weight excluding hydrogens is 302 g/mol. The van der Waals surface area contributed by atoms with Crippen LogP contribution < -0.4 is 11.1 Å². The highest BCUT2D eigenvalue weighted by Gasteiger charge is 2.52. The molecule has 3 rings (SSSR count). The average Bonchev–Trinajstić information content (AvgIpc) is 2.75. The first kappa shape index (κ1) is 14.9. The van der Waals surface area contributed by atoms with Crippen LogP contribution >= 0.6 is 0 Å². The summed E-state index contributed by atoms with van der Waals surface area (Å²) >= 11 is 0. The zero-order chi connectivity index (χ0) is 16.9. The number of benzene rings is 1. The van der Waals surface area contributed by atoms with Gasteiger partial charge >= 0.3 is 0 Å². The lowest BCUT2D eigenvalue weighted by Crippen LogP contribution is -2.62. The van der Waals surface area contributed by atoms with Crippen molar-refractivity contribution in [3.05, 3.63) is 34.9 Å². The molecule has 1 unspecified atom stereocenters. The van der Waals surface area contributed by atoms with Crippen LogP contribution in [0.25, 0.3) is 0 Å². The Bertz CT molecular complexity index is 800. The van der Waals surface area contributed by atoms with E-state index in [1.165, 1.54) is 25.1 Å². The standard InChI is InChI=1S/C15H13N3O5/c1-15(5-4-10(19)17-14(15)23)18-12(21)8-3-2-7(11(16)20)6-9(8)13(18)22/h2-3,6H,4-5H2,1H3,(H2,16,20)(H,17,19,23). The van der Waals surface area contributed by atoms with Gasteiger partial charge in [-0.05, 0) is 31.5 Å². The number of rotatable bonds is 2. The van der Waals surface area contributed by atoms with Crippen LogP contribution in [-0.4, -0.2) is 40.0 Å². The summed E-state index contributed by atoms with van der Waals surface area (Å²) in [5, 5.41) is 2.15. The summed E-state index contributed by atoms with van der Waals surface area (Å²) in [6, 6.07) is 3.93. The molecule has 0 spiro atoms. The summed E-state index contributed by atoms with van der Waals surface area (Å²) in [5.41, 5.74) is 3.95. The van der Waals surface area contributed by atoms with Gasteiger partial charge in [-0.1, -0.05) is 0 Å². The molecule has 8 heteroatoms. The van der Waals surface area contributed by atoms with Crippen LogP contribution in [-0.2, 0) is 9.59 Å². The number of amides is 5. The second kappa shape index (κ2) is 4.73. The third-order valence-electron chi connectivity index (χ3n) is 4.25. The number of imide groups is 2. The minimum atomic E-state index is -1.45. The van der Waals surface area contributed by atoms with E-state index in [1.54, 1.807) is 0 Å². The maximum Gasteiger partial charge on any atom is 0.262 e. The molecule has 1 atom stereocenters. The second-order valence-corrected chi connectivity index (χ2v) is 5.72. The fraction of sp³-hybridized carbons (Fsp3) is 0.267. The first-order chi connectivity index (χ1) is 10.8. The Morgan fingerprint density at radius 1 is 1.17 bits per heavy atom. The molecular formula is C15H13N3O5. The number of hydrogen-bond acceptors (Lipinski definition) is 5. The van der Waals surface area contributed by atoms with Crippen LogP contribution in [0.1, 0.15) is 50.8 Å². The Morgan fingerprint density at radius 3 is 2.43 bits per heavy atom. The van der Waals surface area contributed by atoms with Crippen LogP contribution in [0.15, 0.2) is 18.2 Å². The fourth-order valence-electron chi connectivity index (χ4n) is 2.85. The first-order valence-electron chi connectivity index (χ1n) is 6.93. The van der Waals surface area contributed by atoms with E-state index in [1.807, 2.05) is 0 Å². The lowest BCUT2D eigenvalue weighted by Gasteiger charge is -2.38. The molecule has 0 aliphatic carbocycles. The van der Waals surface area contributed by atoms with Crippen molar-refractivity contribution >= 4 is 29.5 Å². The van der Waals surface area contributed by atoms with Crippen molar-refractivity contribution in [1.29, 1.82) is 0 Å². The van der Waals surface area contributed by atoms with E-state index in [0.717, 1.165) is 4.90 Å². The molecule has 118 valence electrons. The van der Waals surface area contributed by atoms with E-state index >= 15 is 0 Å². The van der Waals surface area contributed by atoms with Gasteiger partial charge in [-0.3, -0.25) is 34.2 Å². The van der Waals surface area contributed by atoms with Gasteiger partial charge in [-0.25, -0.2) is 0 Å². The van der Waals surface area contributed by atoms with Gasteiger partial charge in [0.2, 0.25) is 11.8 Å². The van der Waals surface area contributed by atoms with Crippen molar-refractivity contribution in [2.24, 2.45) is 5.73 Å². The maximum atomic E-state index is 12.6. The van der Waals surface area contributed by atoms with E-state index in [4.69, 9.17) is 5.73 Å². The van der Waals surface area contributed by atoms with Crippen LogP contribution in [0.4, 0.5) is 0 Å². The third-order valence-corrected chi connectivity index (χ3v) is 4.25. The maximum absolute atomic E-state index is 12.6. The monoisotopic (exact) mass is 315 g/mol. The molecule has 1 saturated heterocycles. The Hall–Kier alpha value is -3.03. The van der Waals surface area contributed by atoms with E-state index in [-0.39, 0.29) is 29.5 Å². The Morgan fingerprint density at radius 2 is 1.83 bits per heavy atom. The highest BCUT2D eigenvalue weighted by Crippen LogP contribution is 2.34. The van der Waals surface area contributed by atoms with Gasteiger partial charge in [0.1, 0.15) is 5.54 Å². The van der Waals surface area contributed by atoms with Gasteiger partial charge < -0.3 is 5.73 Å². The lowest BCUT2D eigenvalue weighted by molar-refractivity contribution is -0.140. The fourth-order valence-corrected chi connectivity index (χ4v) is 2.85. The van der Waals surface area contributed by atoms with Crippen molar-refractivity contribution in [3.63, 3.8) is 0 Å². The van der Waals surface area contributed by atoms with Gasteiger partial charge in [0.15, 0.2) is 0 Å². The van der Waals surface area contributed by atoms with Gasteiger partial charge in [0.25, 0.3) is 17.7 Å². The van der Waals surface area contributed by atoms with Gasteiger partial charge in [-0.15, -0.1) is 0 Å². The van der Waals surface area contributed by atoms with Crippen LogP contribution in [0.3, 0.4) is 0 Å². The third kappa shape index (κ3) is 2.02. The van der Waals surface area contributed by atoms with Crippen LogP contribution in [0.5, 0.6) is 0 Å². The summed E-state index contributed by atoms with van der Waals surface area (Å²) in [7, 11) is 0. The highest BCUT2D eigenvalue weighted by molar-refractivity contribution is 6.24.